The maximum absolute atomic E-state index is 11.7. The highest BCUT2D eigenvalue weighted by Crippen LogP contribution is 2.42. The van der Waals surface area contributed by atoms with Crippen LogP contribution in [0, 0.1) is 90.5 Å². The van der Waals surface area contributed by atoms with Crippen LogP contribution < -0.4 is 9.47 Å². The molecule has 0 aliphatic heterocycles. The van der Waals surface area contributed by atoms with E-state index in [1.807, 2.05) is 0 Å². The van der Waals surface area contributed by atoms with Crippen LogP contribution in [0.1, 0.15) is 116 Å². The van der Waals surface area contributed by atoms with Crippen LogP contribution in [-0.4, -0.2) is 40.2 Å². The molecule has 310 valence electrons. The molecule has 0 bridgehead atoms. The lowest BCUT2D eigenvalue weighted by atomic mass is 10.1. The molecule has 3 aromatic rings. The fourth-order valence-corrected chi connectivity index (χ4v) is 18.8. The van der Waals surface area contributed by atoms with E-state index >= 15 is 0 Å². The van der Waals surface area contributed by atoms with Crippen molar-refractivity contribution in [1.82, 2.24) is 0 Å². The standard InChI is InChI=1S/C50H56N2O6Si2/c1-35(2)59(36(3)4,37(5)6)29-27-45-31-47(51(53)54)25-23-41(45)19-15-17-21-43-33-49(57-13)50(58-14)34-44(43)22-18-16-20-42-24-26-48(52(55)56)32-46(42)28-30-60(38(7)8,39(9)10)40(11)12/h23-26,31-40H,1-14H3. The van der Waals surface area contributed by atoms with Crippen LogP contribution in [0.25, 0.3) is 0 Å². The zero-order valence-corrected chi connectivity index (χ0v) is 39.4. The third-order valence-corrected chi connectivity index (χ3v) is 24.0. The zero-order chi connectivity index (χ0) is 44.9. The molecular formula is C50H56N2O6Si2. The van der Waals surface area contributed by atoms with E-state index in [1.54, 1.807) is 24.3 Å². The maximum atomic E-state index is 11.7. The Morgan fingerprint density at radius 3 is 0.950 bits per heavy atom. The molecule has 0 amide bonds. The van der Waals surface area contributed by atoms with Gasteiger partial charge in [0.05, 0.1) is 24.1 Å². The van der Waals surface area contributed by atoms with Crippen molar-refractivity contribution in [2.45, 2.75) is 116 Å². The molecule has 0 N–H and O–H groups in total. The van der Waals surface area contributed by atoms with Crippen molar-refractivity contribution in [3.63, 3.8) is 0 Å². The lowest BCUT2D eigenvalue weighted by Crippen LogP contribution is -2.43. The highest BCUT2D eigenvalue weighted by Gasteiger charge is 2.42. The van der Waals surface area contributed by atoms with E-state index in [4.69, 9.17) is 9.47 Å². The van der Waals surface area contributed by atoms with Gasteiger partial charge < -0.3 is 9.47 Å². The summed E-state index contributed by atoms with van der Waals surface area (Å²) in [7, 11) is -1.21. The summed E-state index contributed by atoms with van der Waals surface area (Å²) in [4.78, 5) is 22.6. The molecule has 0 aromatic heterocycles. The Balaban J connectivity index is 2.16. The van der Waals surface area contributed by atoms with Gasteiger partial charge in [-0.1, -0.05) is 119 Å². The average Bonchev–Trinajstić information content (AvgIpc) is 3.18. The van der Waals surface area contributed by atoms with Gasteiger partial charge in [0.1, 0.15) is 16.1 Å². The number of ether oxygens (including phenoxy) is 2. The number of non-ortho nitro benzene ring substituents is 2. The Labute approximate surface area is 360 Å². The van der Waals surface area contributed by atoms with E-state index in [0.29, 0.717) is 78.1 Å². The Morgan fingerprint density at radius 2 is 0.700 bits per heavy atom. The quantitative estimate of drug-likeness (QED) is 0.0872. The van der Waals surface area contributed by atoms with Crippen LogP contribution in [0.15, 0.2) is 48.5 Å². The minimum Gasteiger partial charge on any atom is -0.493 e. The number of rotatable bonds is 10. The number of hydrogen-bond donors (Lipinski definition) is 0. The summed E-state index contributed by atoms with van der Waals surface area (Å²) in [5, 5.41) is 23.4. The van der Waals surface area contributed by atoms with Gasteiger partial charge in [-0.25, -0.2) is 0 Å². The van der Waals surface area contributed by atoms with Gasteiger partial charge in [0.15, 0.2) is 11.5 Å². The van der Waals surface area contributed by atoms with E-state index in [9.17, 15) is 20.2 Å². The predicted molar refractivity (Wildman–Crippen MR) is 249 cm³/mol. The molecule has 3 rings (SSSR count). The molecule has 0 spiro atoms. The second kappa shape index (κ2) is 21.2. The molecule has 0 atom stereocenters. The van der Waals surface area contributed by atoms with Crippen LogP contribution in [0.5, 0.6) is 11.5 Å². The van der Waals surface area contributed by atoms with Crippen molar-refractivity contribution in [3.05, 3.63) is 102 Å². The summed E-state index contributed by atoms with van der Waals surface area (Å²) in [6.45, 7) is 26.6. The molecule has 0 saturated heterocycles. The Bertz CT molecular complexity index is 2280. The molecule has 10 heteroatoms. The largest absolute Gasteiger partial charge is 0.493 e. The molecule has 0 aliphatic rings. The fourth-order valence-electron chi connectivity index (χ4n) is 8.41. The first-order valence-electron chi connectivity index (χ1n) is 20.2. The highest BCUT2D eigenvalue weighted by molar-refractivity contribution is 6.91. The lowest BCUT2D eigenvalue weighted by Gasteiger charge is -2.38. The smallest absolute Gasteiger partial charge is 0.270 e. The van der Waals surface area contributed by atoms with Crippen LogP contribution >= 0.6 is 0 Å². The molecule has 0 heterocycles. The number of benzene rings is 3. The van der Waals surface area contributed by atoms with E-state index in [2.05, 4.69) is 153 Å². The second-order valence-electron chi connectivity index (χ2n) is 16.5. The average molecular weight is 837 g/mol. The van der Waals surface area contributed by atoms with Gasteiger partial charge in [0.25, 0.3) is 11.4 Å². The normalized spacial score (nSPS) is 10.9. The predicted octanol–water partition coefficient (Wildman–Crippen LogP) is 11.5. The van der Waals surface area contributed by atoms with Crippen molar-refractivity contribution in [1.29, 1.82) is 0 Å². The molecule has 8 nitrogen and oxygen atoms in total. The van der Waals surface area contributed by atoms with Crippen LogP contribution in [0.2, 0.25) is 33.2 Å². The topological polar surface area (TPSA) is 105 Å². The molecule has 0 fully saturated rings. The molecule has 0 radical (unpaired) electrons. The van der Waals surface area contributed by atoms with E-state index in [0.717, 1.165) is 0 Å². The first kappa shape index (κ1) is 48.2. The number of nitrogens with zero attached hydrogens (tertiary/aromatic N) is 2. The monoisotopic (exact) mass is 836 g/mol. The van der Waals surface area contributed by atoms with Crippen molar-refractivity contribution >= 4 is 27.5 Å². The van der Waals surface area contributed by atoms with Crippen LogP contribution in [-0.2, 0) is 0 Å². The summed E-state index contributed by atoms with van der Waals surface area (Å²) in [6.07, 6.45) is 0. The van der Waals surface area contributed by atoms with Gasteiger partial charge in [0, 0.05) is 69.8 Å². The number of nitro groups is 2. The summed E-state index contributed by atoms with van der Waals surface area (Å²) >= 11 is 0. The SMILES string of the molecule is COc1cc(C#CC#Cc2ccc([N+](=O)[O-])cc2C#C[Si](C(C)C)(C(C)C)C(C)C)c(C#CC#Cc2ccc([N+](=O)[O-])cc2C#C[Si](C(C)C)(C(C)C)C(C)C)cc1OC. The third-order valence-electron chi connectivity index (χ3n) is 11.4. The van der Waals surface area contributed by atoms with Gasteiger partial charge in [0.2, 0.25) is 0 Å². The van der Waals surface area contributed by atoms with Gasteiger partial charge >= 0.3 is 0 Å². The first-order valence-corrected chi connectivity index (χ1v) is 24.7. The molecule has 60 heavy (non-hydrogen) atoms. The van der Waals surface area contributed by atoms with E-state index < -0.39 is 26.0 Å². The highest BCUT2D eigenvalue weighted by atomic mass is 28.3. The Kier molecular flexibility index (Phi) is 17.0. The van der Waals surface area contributed by atoms with Crippen molar-refractivity contribution < 1.29 is 19.3 Å². The molecular weight excluding hydrogens is 781 g/mol. The summed E-state index contributed by atoms with van der Waals surface area (Å²) in [5.41, 5.74) is 12.6. The molecule has 0 aliphatic carbocycles. The van der Waals surface area contributed by atoms with E-state index in [1.165, 1.54) is 38.5 Å². The van der Waals surface area contributed by atoms with Gasteiger partial charge in [-0.3, -0.25) is 20.2 Å². The fraction of sp³-hybridized carbons (Fsp3) is 0.400. The van der Waals surface area contributed by atoms with Gasteiger partial charge in [-0.2, -0.15) is 0 Å². The van der Waals surface area contributed by atoms with Crippen molar-refractivity contribution in [2.75, 3.05) is 14.2 Å². The zero-order valence-electron chi connectivity index (χ0n) is 37.4. The minimum atomic E-state index is -2.13. The van der Waals surface area contributed by atoms with Crippen LogP contribution in [0.4, 0.5) is 11.4 Å². The maximum Gasteiger partial charge on any atom is 0.270 e. The number of methoxy groups -OCH3 is 2. The van der Waals surface area contributed by atoms with Gasteiger partial charge in [-0.05, 0) is 69.1 Å². The van der Waals surface area contributed by atoms with Crippen LogP contribution in [0.3, 0.4) is 0 Å². The molecule has 0 saturated carbocycles. The van der Waals surface area contributed by atoms with Gasteiger partial charge in [-0.15, -0.1) is 11.1 Å². The number of hydrogen-bond acceptors (Lipinski definition) is 6. The molecule has 0 unspecified atom stereocenters. The molecule has 3 aromatic carbocycles. The minimum absolute atomic E-state index is 0.0525. The van der Waals surface area contributed by atoms with Crippen molar-refractivity contribution in [3.8, 4) is 81.8 Å². The Hall–Kier alpha value is -6.15. The lowest BCUT2D eigenvalue weighted by molar-refractivity contribution is -0.385. The summed E-state index contributed by atoms with van der Waals surface area (Å²) in [5.74, 6) is 31.5. The summed E-state index contributed by atoms with van der Waals surface area (Å²) in [6, 6.07) is 12.5. The number of nitro benzene ring substituents is 2. The summed E-state index contributed by atoms with van der Waals surface area (Å²) < 4.78 is 11.1. The second-order valence-corrected chi connectivity index (χ2v) is 27.7. The van der Waals surface area contributed by atoms with E-state index in [-0.39, 0.29) is 11.4 Å². The third kappa shape index (κ3) is 11.1. The Morgan fingerprint density at radius 1 is 0.433 bits per heavy atom. The first-order chi connectivity index (χ1) is 28.3. The van der Waals surface area contributed by atoms with Crippen molar-refractivity contribution in [2.24, 2.45) is 0 Å².